The molecule has 8 heteroatoms. The first kappa shape index (κ1) is 15.7. The lowest BCUT2D eigenvalue weighted by Gasteiger charge is -2.07. The Morgan fingerprint density at radius 1 is 1.08 bits per heavy atom. The average Bonchev–Trinajstić information content (AvgIpc) is 3.17. The Morgan fingerprint density at radius 3 is 2.54 bits per heavy atom. The molecule has 3 heterocycles. The van der Waals surface area contributed by atoms with Crippen LogP contribution in [0.25, 0.3) is 11.3 Å². The van der Waals surface area contributed by atoms with Crippen LogP contribution in [0.15, 0.2) is 66.0 Å². The number of aromatic nitrogens is 5. The van der Waals surface area contributed by atoms with Crippen molar-refractivity contribution >= 4 is 17.2 Å². The summed E-state index contributed by atoms with van der Waals surface area (Å²) in [7, 11) is 0. The topological polar surface area (TPSA) is 94.2 Å². The van der Waals surface area contributed by atoms with Crippen molar-refractivity contribution in [2.24, 2.45) is 0 Å². The lowest BCUT2D eigenvalue weighted by molar-refractivity contribution is 0.102. The number of hydrogen-bond acceptors (Lipinski definition) is 5. The fraction of sp³-hybridized carbons (Fsp3) is 0.0556. The van der Waals surface area contributed by atoms with Gasteiger partial charge in [-0.3, -0.25) is 14.0 Å². The summed E-state index contributed by atoms with van der Waals surface area (Å²) in [5.74, 6) is -0.512. The van der Waals surface area contributed by atoms with Gasteiger partial charge >= 0.3 is 0 Å². The molecule has 0 aliphatic carbocycles. The molecular formula is C18H14N6O2. The highest BCUT2D eigenvalue weighted by atomic mass is 16.2. The van der Waals surface area contributed by atoms with E-state index in [1.807, 2.05) is 6.92 Å². The number of fused-ring (bicyclic) bond motifs is 1. The summed E-state index contributed by atoms with van der Waals surface area (Å²) < 4.78 is 1.36. The van der Waals surface area contributed by atoms with Crippen LogP contribution in [0.1, 0.15) is 15.9 Å². The van der Waals surface area contributed by atoms with Crippen molar-refractivity contribution in [3.63, 3.8) is 0 Å². The molecule has 0 saturated carbocycles. The zero-order valence-electron chi connectivity index (χ0n) is 13.8. The maximum Gasteiger partial charge on any atom is 0.270 e. The third-order valence-electron chi connectivity index (χ3n) is 3.88. The Labute approximate surface area is 147 Å². The van der Waals surface area contributed by atoms with Gasteiger partial charge in [-0.15, -0.1) is 0 Å². The van der Waals surface area contributed by atoms with Crippen molar-refractivity contribution in [2.75, 3.05) is 5.32 Å². The average molecular weight is 346 g/mol. The molecule has 4 aromatic rings. The Bertz CT molecular complexity index is 1150. The molecule has 0 unspecified atom stereocenters. The number of pyridine rings is 1. The highest BCUT2D eigenvalue weighted by molar-refractivity contribution is 6.03. The van der Waals surface area contributed by atoms with Crippen LogP contribution in [-0.4, -0.2) is 30.3 Å². The van der Waals surface area contributed by atoms with Crippen LogP contribution in [-0.2, 0) is 0 Å². The minimum atomic E-state index is -0.512. The van der Waals surface area contributed by atoms with Gasteiger partial charge in [0.2, 0.25) is 0 Å². The summed E-state index contributed by atoms with van der Waals surface area (Å²) in [6, 6.07) is 10.5. The monoisotopic (exact) mass is 346 g/mol. The largest absolute Gasteiger partial charge is 0.322 e. The van der Waals surface area contributed by atoms with Crippen LogP contribution in [0, 0.1) is 6.92 Å². The second-order valence-electron chi connectivity index (χ2n) is 5.73. The van der Waals surface area contributed by atoms with E-state index in [1.165, 1.54) is 15.4 Å². The number of benzene rings is 1. The normalized spacial score (nSPS) is 10.8. The van der Waals surface area contributed by atoms with Crippen molar-refractivity contribution in [1.82, 2.24) is 24.4 Å². The van der Waals surface area contributed by atoms with Gasteiger partial charge in [-0.25, -0.2) is 4.98 Å². The predicted octanol–water partition coefficient (Wildman–Crippen LogP) is 1.84. The number of amides is 1. The van der Waals surface area contributed by atoms with Crippen LogP contribution in [0.5, 0.6) is 0 Å². The molecule has 0 atom stereocenters. The van der Waals surface area contributed by atoms with Crippen molar-refractivity contribution in [2.45, 2.75) is 6.92 Å². The second kappa shape index (κ2) is 6.25. The van der Waals surface area contributed by atoms with E-state index in [1.54, 1.807) is 55.0 Å². The summed E-state index contributed by atoms with van der Waals surface area (Å²) in [5, 5.41) is 10.8. The Hall–Kier alpha value is -3.81. The fourth-order valence-corrected chi connectivity index (χ4v) is 2.56. The molecule has 0 fully saturated rings. The summed E-state index contributed by atoms with van der Waals surface area (Å²) >= 11 is 0. The molecule has 0 spiro atoms. The minimum Gasteiger partial charge on any atom is -0.322 e. The van der Waals surface area contributed by atoms with Gasteiger partial charge in [0, 0.05) is 18.1 Å². The summed E-state index contributed by atoms with van der Waals surface area (Å²) in [6.45, 7) is 1.91. The molecule has 0 saturated heterocycles. The highest BCUT2D eigenvalue weighted by Gasteiger charge is 2.13. The molecule has 3 aromatic heterocycles. The lowest BCUT2D eigenvalue weighted by Crippen LogP contribution is -2.26. The number of carbonyl (C=O) groups excluding carboxylic acids is 1. The molecule has 4 rings (SSSR count). The van der Waals surface area contributed by atoms with Crippen LogP contribution in [0.2, 0.25) is 0 Å². The van der Waals surface area contributed by atoms with E-state index in [2.05, 4.69) is 20.5 Å². The van der Waals surface area contributed by atoms with Crippen LogP contribution < -0.4 is 10.9 Å². The zero-order valence-corrected chi connectivity index (χ0v) is 13.8. The minimum absolute atomic E-state index is 0.0239. The van der Waals surface area contributed by atoms with E-state index in [4.69, 9.17) is 0 Å². The predicted molar refractivity (Wildman–Crippen MR) is 95.5 cm³/mol. The van der Waals surface area contributed by atoms with Crippen molar-refractivity contribution < 1.29 is 4.79 Å². The van der Waals surface area contributed by atoms with Gasteiger partial charge in [0.15, 0.2) is 0 Å². The third-order valence-corrected chi connectivity index (χ3v) is 3.88. The van der Waals surface area contributed by atoms with Crippen molar-refractivity contribution in [3.8, 4) is 5.69 Å². The Morgan fingerprint density at radius 2 is 1.81 bits per heavy atom. The maximum absolute atomic E-state index is 12.5. The van der Waals surface area contributed by atoms with E-state index in [-0.39, 0.29) is 5.56 Å². The number of hydrogen-bond donors (Lipinski definition) is 1. The Kier molecular flexibility index (Phi) is 3.77. The van der Waals surface area contributed by atoms with Gasteiger partial charge in [-0.05, 0) is 48.9 Å². The molecule has 0 aliphatic rings. The van der Waals surface area contributed by atoms with Gasteiger partial charge in [0.05, 0.1) is 18.1 Å². The molecular weight excluding hydrogens is 332 g/mol. The van der Waals surface area contributed by atoms with Gasteiger partial charge < -0.3 is 5.32 Å². The van der Waals surface area contributed by atoms with E-state index in [0.717, 1.165) is 11.3 Å². The standard InChI is InChI=1S/C18H14N6O2/c1-12-6-9-23-16(10-12)19-11-15(18(23)26)17(25)22-13-2-4-14(5-3-13)24-20-7-8-21-24/h2-11H,1H3,(H,22,25). The number of rotatable bonds is 3. The summed E-state index contributed by atoms with van der Waals surface area (Å²) in [5.41, 5.74) is 2.37. The SMILES string of the molecule is Cc1ccn2c(=O)c(C(=O)Nc3ccc(-n4nccn4)cc3)cnc2c1. The number of nitrogens with one attached hydrogen (secondary N) is 1. The molecule has 0 aliphatic heterocycles. The van der Waals surface area contributed by atoms with Crippen molar-refractivity contribution in [1.29, 1.82) is 0 Å². The van der Waals surface area contributed by atoms with Crippen LogP contribution in [0.3, 0.4) is 0 Å². The molecule has 0 radical (unpaired) electrons. The van der Waals surface area contributed by atoms with E-state index < -0.39 is 11.5 Å². The lowest BCUT2D eigenvalue weighted by atomic mass is 10.2. The smallest absolute Gasteiger partial charge is 0.270 e. The molecule has 1 N–H and O–H groups in total. The van der Waals surface area contributed by atoms with Gasteiger partial charge in [-0.1, -0.05) is 0 Å². The second-order valence-corrected chi connectivity index (χ2v) is 5.73. The molecule has 128 valence electrons. The van der Waals surface area contributed by atoms with Gasteiger partial charge in [0.1, 0.15) is 11.2 Å². The van der Waals surface area contributed by atoms with Gasteiger partial charge in [-0.2, -0.15) is 15.0 Å². The van der Waals surface area contributed by atoms with E-state index >= 15 is 0 Å². The number of aryl methyl sites for hydroxylation is 1. The molecule has 1 aromatic carbocycles. The summed E-state index contributed by atoms with van der Waals surface area (Å²) in [6.07, 6.45) is 6.08. The van der Waals surface area contributed by atoms with Crippen LogP contribution in [0.4, 0.5) is 5.69 Å². The fourth-order valence-electron chi connectivity index (χ4n) is 2.56. The first-order valence-corrected chi connectivity index (χ1v) is 7.88. The molecule has 8 nitrogen and oxygen atoms in total. The van der Waals surface area contributed by atoms with Gasteiger partial charge in [0.25, 0.3) is 11.5 Å². The first-order chi connectivity index (χ1) is 12.6. The molecule has 1 amide bonds. The first-order valence-electron chi connectivity index (χ1n) is 7.88. The highest BCUT2D eigenvalue weighted by Crippen LogP contribution is 2.12. The van der Waals surface area contributed by atoms with E-state index in [9.17, 15) is 9.59 Å². The number of carbonyl (C=O) groups is 1. The molecule has 26 heavy (non-hydrogen) atoms. The van der Waals surface area contributed by atoms with E-state index in [0.29, 0.717) is 11.3 Å². The van der Waals surface area contributed by atoms with Crippen molar-refractivity contribution in [3.05, 3.63) is 82.7 Å². The third kappa shape index (κ3) is 2.84. The number of anilines is 1. The zero-order chi connectivity index (χ0) is 18.1. The van der Waals surface area contributed by atoms with Crippen LogP contribution >= 0.6 is 0 Å². The Balaban J connectivity index is 1.60. The maximum atomic E-state index is 12.5. The quantitative estimate of drug-likeness (QED) is 0.611. The number of nitrogens with zero attached hydrogens (tertiary/aromatic N) is 5. The molecule has 0 bridgehead atoms. The summed E-state index contributed by atoms with van der Waals surface area (Å²) in [4.78, 5) is 30.6.